The molecule has 1 fully saturated rings. The molecule has 0 aliphatic carbocycles. The number of benzene rings is 1. The van der Waals surface area contributed by atoms with E-state index in [0.29, 0.717) is 37.5 Å². The number of carbonyl (C=O) groups excluding carboxylic acids is 3. The molecule has 3 amide bonds. The molecular formula is C21H27BrN6O3. The Morgan fingerprint density at radius 1 is 1.32 bits per heavy atom. The van der Waals surface area contributed by atoms with Crippen molar-refractivity contribution in [1.29, 1.82) is 0 Å². The first kappa shape index (κ1) is 22.9. The smallest absolute Gasteiger partial charge is 0.312 e. The zero-order valence-electron chi connectivity index (χ0n) is 17.5. The third-order valence-electron chi connectivity index (χ3n) is 5.36. The Morgan fingerprint density at radius 3 is 2.81 bits per heavy atom. The summed E-state index contributed by atoms with van der Waals surface area (Å²) in [6, 6.07) is 6.69. The molecule has 9 nitrogen and oxygen atoms in total. The monoisotopic (exact) mass is 490 g/mol. The van der Waals surface area contributed by atoms with Gasteiger partial charge in [-0.05, 0) is 24.5 Å². The Balaban J connectivity index is 1.36. The molecule has 1 aliphatic heterocycles. The predicted octanol–water partition coefficient (Wildman–Crippen LogP) is 2.01. The van der Waals surface area contributed by atoms with Crippen molar-refractivity contribution in [3.05, 3.63) is 46.2 Å². The summed E-state index contributed by atoms with van der Waals surface area (Å²) in [5, 5.41) is 10.7. The van der Waals surface area contributed by atoms with Crippen LogP contribution in [0.5, 0.6) is 0 Å². The van der Waals surface area contributed by atoms with E-state index in [4.69, 9.17) is 5.73 Å². The Morgan fingerprint density at radius 2 is 2.10 bits per heavy atom. The average molecular weight is 491 g/mol. The molecule has 0 spiro atoms. The molecular weight excluding hydrogens is 464 g/mol. The van der Waals surface area contributed by atoms with Crippen LogP contribution < -0.4 is 11.1 Å². The van der Waals surface area contributed by atoms with Gasteiger partial charge in [0.25, 0.3) is 0 Å². The van der Waals surface area contributed by atoms with Gasteiger partial charge in [-0.15, -0.1) is 5.10 Å². The van der Waals surface area contributed by atoms with Gasteiger partial charge in [0.05, 0.1) is 5.69 Å². The molecule has 1 atom stereocenters. The van der Waals surface area contributed by atoms with Crippen molar-refractivity contribution in [3.63, 3.8) is 0 Å². The molecule has 2 aromatic rings. The number of aryl methyl sites for hydroxylation is 1. The van der Waals surface area contributed by atoms with Crippen molar-refractivity contribution < 1.29 is 14.4 Å². The molecule has 0 bridgehead atoms. The lowest BCUT2D eigenvalue weighted by molar-refractivity contribution is -0.141. The van der Waals surface area contributed by atoms with Crippen molar-refractivity contribution in [3.8, 4) is 0 Å². The summed E-state index contributed by atoms with van der Waals surface area (Å²) in [6.07, 6.45) is 3.55. The molecule has 1 aliphatic rings. The second-order valence-electron chi connectivity index (χ2n) is 7.95. The number of hydrogen-bond donors (Lipinski definition) is 2. The number of ketones is 1. The summed E-state index contributed by atoms with van der Waals surface area (Å²) < 4.78 is 2.63. The number of carbonyl (C=O) groups is 3. The zero-order valence-corrected chi connectivity index (χ0v) is 19.0. The highest BCUT2D eigenvalue weighted by Gasteiger charge is 2.33. The quantitative estimate of drug-likeness (QED) is 0.493. The van der Waals surface area contributed by atoms with Gasteiger partial charge in [-0.1, -0.05) is 40.2 Å². The van der Waals surface area contributed by atoms with Crippen molar-refractivity contribution in [2.24, 2.45) is 17.6 Å². The first-order valence-corrected chi connectivity index (χ1v) is 11.1. The molecule has 10 heteroatoms. The molecule has 1 aromatic carbocycles. The van der Waals surface area contributed by atoms with E-state index >= 15 is 0 Å². The third kappa shape index (κ3) is 6.61. The van der Waals surface area contributed by atoms with E-state index in [0.717, 1.165) is 23.1 Å². The lowest BCUT2D eigenvalue weighted by atomic mass is 9.92. The van der Waals surface area contributed by atoms with Crippen molar-refractivity contribution in [1.82, 2.24) is 25.2 Å². The second-order valence-corrected chi connectivity index (χ2v) is 8.87. The molecule has 2 heterocycles. The van der Waals surface area contributed by atoms with Gasteiger partial charge in [0.2, 0.25) is 5.91 Å². The average Bonchev–Trinajstić information content (AvgIpc) is 3.13. The first-order chi connectivity index (χ1) is 14.8. The lowest BCUT2D eigenvalue weighted by Gasteiger charge is -2.40. The van der Waals surface area contributed by atoms with Crippen LogP contribution >= 0.6 is 15.9 Å². The van der Waals surface area contributed by atoms with Crippen LogP contribution in [0.2, 0.25) is 0 Å². The van der Waals surface area contributed by atoms with Crippen LogP contribution in [0.4, 0.5) is 4.79 Å². The van der Waals surface area contributed by atoms with Crippen LogP contribution in [0.25, 0.3) is 0 Å². The Hall–Kier alpha value is -2.75. The highest BCUT2D eigenvalue weighted by Crippen LogP contribution is 2.24. The number of halogens is 1. The number of nitrogens with one attached hydrogen (secondary N) is 1. The van der Waals surface area contributed by atoms with Gasteiger partial charge in [0, 0.05) is 61.2 Å². The van der Waals surface area contributed by atoms with E-state index in [2.05, 4.69) is 31.6 Å². The minimum Gasteiger partial charge on any atom is -0.352 e. The normalized spacial score (nSPS) is 14.7. The van der Waals surface area contributed by atoms with E-state index in [-0.39, 0.29) is 24.0 Å². The number of likely N-dealkylation sites (tertiary alicyclic amines) is 1. The van der Waals surface area contributed by atoms with Crippen molar-refractivity contribution in [2.45, 2.75) is 32.7 Å². The molecule has 3 rings (SSSR count). The minimum absolute atomic E-state index is 0.0211. The van der Waals surface area contributed by atoms with Crippen LogP contribution in [0, 0.1) is 11.8 Å². The highest BCUT2D eigenvalue weighted by molar-refractivity contribution is 9.10. The summed E-state index contributed by atoms with van der Waals surface area (Å²) in [5.74, 6) is 0.0947. The fraction of sp³-hybridized carbons (Fsp3) is 0.476. The standard InChI is InChI=1S/C21H27BrN6O3/c1-14(9-19(29)16-3-2-4-17(22)10-16)20(30)27-11-15(12-27)6-8-28-13-18(25-26-28)5-7-24-21(23)31/h2-4,10,13-15H,5-9,11-12H2,1H3,(H3,23,24,31). The van der Waals surface area contributed by atoms with Crippen LogP contribution in [-0.4, -0.2) is 57.2 Å². The number of rotatable bonds is 10. The Bertz CT molecular complexity index is 941. The molecule has 1 aromatic heterocycles. The van der Waals surface area contributed by atoms with Gasteiger partial charge in [0.15, 0.2) is 5.78 Å². The van der Waals surface area contributed by atoms with Gasteiger partial charge in [0.1, 0.15) is 0 Å². The van der Waals surface area contributed by atoms with E-state index in [1.54, 1.807) is 16.8 Å². The number of urea groups is 1. The predicted molar refractivity (Wildman–Crippen MR) is 118 cm³/mol. The zero-order chi connectivity index (χ0) is 22.4. The maximum atomic E-state index is 12.6. The summed E-state index contributed by atoms with van der Waals surface area (Å²) in [7, 11) is 0. The maximum Gasteiger partial charge on any atom is 0.312 e. The fourth-order valence-corrected chi connectivity index (χ4v) is 3.98. The largest absolute Gasteiger partial charge is 0.352 e. The van der Waals surface area contributed by atoms with Crippen LogP contribution in [-0.2, 0) is 17.8 Å². The number of Topliss-reactive ketones (excluding diaryl/α,β-unsaturated/α-hetero) is 1. The summed E-state index contributed by atoms with van der Waals surface area (Å²) in [6.45, 7) is 4.38. The summed E-state index contributed by atoms with van der Waals surface area (Å²) in [4.78, 5) is 37.6. The molecule has 31 heavy (non-hydrogen) atoms. The molecule has 0 saturated carbocycles. The van der Waals surface area contributed by atoms with Crippen LogP contribution in [0.3, 0.4) is 0 Å². The second kappa shape index (κ2) is 10.5. The number of aromatic nitrogens is 3. The van der Waals surface area contributed by atoms with E-state index < -0.39 is 6.03 Å². The highest BCUT2D eigenvalue weighted by atomic mass is 79.9. The van der Waals surface area contributed by atoms with Gasteiger partial charge in [-0.2, -0.15) is 0 Å². The van der Waals surface area contributed by atoms with Gasteiger partial charge in [-0.3, -0.25) is 14.3 Å². The van der Waals surface area contributed by atoms with Crippen molar-refractivity contribution in [2.75, 3.05) is 19.6 Å². The Kier molecular flexibility index (Phi) is 7.78. The van der Waals surface area contributed by atoms with Gasteiger partial charge < -0.3 is 16.0 Å². The topological polar surface area (TPSA) is 123 Å². The number of nitrogens with zero attached hydrogens (tertiary/aromatic N) is 4. The van der Waals surface area contributed by atoms with Gasteiger partial charge >= 0.3 is 6.03 Å². The van der Waals surface area contributed by atoms with Crippen LogP contribution in [0.15, 0.2) is 34.9 Å². The number of hydrogen-bond acceptors (Lipinski definition) is 5. The minimum atomic E-state index is -0.553. The SMILES string of the molecule is CC(CC(=O)c1cccc(Br)c1)C(=O)N1CC(CCn2cc(CCNC(N)=O)nn2)C1. The fourth-order valence-electron chi connectivity index (χ4n) is 3.58. The Labute approximate surface area is 189 Å². The molecule has 1 unspecified atom stereocenters. The summed E-state index contributed by atoms with van der Waals surface area (Å²) in [5.41, 5.74) is 6.45. The van der Waals surface area contributed by atoms with Crippen molar-refractivity contribution >= 4 is 33.7 Å². The third-order valence-corrected chi connectivity index (χ3v) is 5.85. The molecule has 0 radical (unpaired) electrons. The summed E-state index contributed by atoms with van der Waals surface area (Å²) >= 11 is 3.37. The van der Waals surface area contributed by atoms with Crippen LogP contribution in [0.1, 0.15) is 35.8 Å². The van der Waals surface area contributed by atoms with E-state index in [1.807, 2.05) is 30.2 Å². The van der Waals surface area contributed by atoms with E-state index in [1.165, 1.54) is 0 Å². The van der Waals surface area contributed by atoms with E-state index in [9.17, 15) is 14.4 Å². The van der Waals surface area contributed by atoms with Gasteiger partial charge in [-0.25, -0.2) is 4.79 Å². The number of amides is 3. The first-order valence-electron chi connectivity index (χ1n) is 10.3. The number of nitrogens with two attached hydrogens (primary N) is 1. The maximum absolute atomic E-state index is 12.6. The molecule has 1 saturated heterocycles. The lowest BCUT2D eigenvalue weighted by Crippen LogP contribution is -2.52. The number of primary amides is 1. The molecule has 166 valence electrons. The molecule has 3 N–H and O–H groups in total.